The Kier molecular flexibility index (Phi) is 4.02. The van der Waals surface area contributed by atoms with Gasteiger partial charge in [0.2, 0.25) is 5.91 Å². The second-order valence-corrected chi connectivity index (χ2v) is 4.56. The summed E-state index contributed by atoms with van der Waals surface area (Å²) in [7, 11) is 0. The molecular weight excluding hydrogens is 240 g/mol. The van der Waals surface area contributed by atoms with E-state index >= 15 is 0 Å². The molecule has 4 heteroatoms. The molecule has 0 spiro atoms. The van der Waals surface area contributed by atoms with Gasteiger partial charge in [0.05, 0.1) is 13.0 Å². The highest BCUT2D eigenvalue weighted by Gasteiger charge is 2.12. The Morgan fingerprint density at radius 1 is 1.26 bits per heavy atom. The van der Waals surface area contributed by atoms with Crippen LogP contribution in [0, 0.1) is 0 Å². The first kappa shape index (κ1) is 13.4. The summed E-state index contributed by atoms with van der Waals surface area (Å²) in [5, 5.41) is 2.09. The van der Waals surface area contributed by atoms with E-state index in [4.69, 9.17) is 16.2 Å². The molecule has 0 saturated heterocycles. The van der Waals surface area contributed by atoms with Gasteiger partial charge < -0.3 is 16.2 Å². The first-order chi connectivity index (χ1) is 9.09. The Labute approximate surface area is 112 Å². The Hall–Kier alpha value is -2.07. The van der Waals surface area contributed by atoms with Crippen LogP contribution in [-0.2, 0) is 4.79 Å². The highest BCUT2D eigenvalue weighted by molar-refractivity contribution is 5.89. The largest absolute Gasteiger partial charge is 0.492 e. The Morgan fingerprint density at radius 3 is 2.68 bits per heavy atom. The van der Waals surface area contributed by atoms with Crippen molar-refractivity contribution >= 4 is 16.7 Å². The van der Waals surface area contributed by atoms with Gasteiger partial charge in [-0.25, -0.2) is 0 Å². The van der Waals surface area contributed by atoms with Crippen molar-refractivity contribution in [2.24, 2.45) is 11.5 Å². The van der Waals surface area contributed by atoms with E-state index < -0.39 is 0 Å². The van der Waals surface area contributed by atoms with Crippen molar-refractivity contribution in [3.63, 3.8) is 0 Å². The maximum absolute atomic E-state index is 10.8. The van der Waals surface area contributed by atoms with Crippen LogP contribution >= 0.6 is 0 Å². The average molecular weight is 258 g/mol. The SMILES string of the molecule is CC(N)c1ccc2ccccc2c1OCCC(N)=O. The molecule has 1 unspecified atom stereocenters. The molecule has 0 aliphatic rings. The third kappa shape index (κ3) is 3.03. The third-order valence-electron chi connectivity index (χ3n) is 3.00. The summed E-state index contributed by atoms with van der Waals surface area (Å²) < 4.78 is 5.74. The molecule has 0 fully saturated rings. The number of ether oxygens (including phenoxy) is 1. The van der Waals surface area contributed by atoms with E-state index in [0.717, 1.165) is 22.1 Å². The number of hydrogen-bond acceptors (Lipinski definition) is 3. The van der Waals surface area contributed by atoms with Crippen molar-refractivity contribution in [1.82, 2.24) is 0 Å². The second kappa shape index (κ2) is 5.71. The topological polar surface area (TPSA) is 78.3 Å². The maximum atomic E-state index is 10.8. The zero-order valence-corrected chi connectivity index (χ0v) is 10.9. The van der Waals surface area contributed by atoms with Crippen molar-refractivity contribution in [1.29, 1.82) is 0 Å². The quantitative estimate of drug-likeness (QED) is 0.862. The average Bonchev–Trinajstić information content (AvgIpc) is 2.38. The van der Waals surface area contributed by atoms with E-state index in [-0.39, 0.29) is 25.0 Å². The van der Waals surface area contributed by atoms with Gasteiger partial charge >= 0.3 is 0 Å². The Morgan fingerprint density at radius 2 is 2.00 bits per heavy atom. The molecule has 1 atom stereocenters. The normalized spacial score (nSPS) is 12.3. The van der Waals surface area contributed by atoms with Gasteiger partial charge in [-0.1, -0.05) is 36.4 Å². The molecule has 0 aliphatic heterocycles. The second-order valence-electron chi connectivity index (χ2n) is 4.56. The summed E-state index contributed by atoms with van der Waals surface area (Å²) in [5.41, 5.74) is 12.0. The smallest absolute Gasteiger partial charge is 0.220 e. The van der Waals surface area contributed by atoms with Crippen molar-refractivity contribution in [2.75, 3.05) is 6.61 Å². The summed E-state index contributed by atoms with van der Waals surface area (Å²) in [6.45, 7) is 2.17. The lowest BCUT2D eigenvalue weighted by Gasteiger charge is -2.16. The predicted octanol–water partition coefficient (Wildman–Crippen LogP) is 2.11. The molecule has 0 radical (unpaired) electrons. The first-order valence-corrected chi connectivity index (χ1v) is 6.28. The van der Waals surface area contributed by atoms with E-state index in [9.17, 15) is 4.79 Å². The van der Waals surface area contributed by atoms with Gasteiger partial charge in [0.25, 0.3) is 0 Å². The van der Waals surface area contributed by atoms with E-state index in [1.165, 1.54) is 0 Å². The summed E-state index contributed by atoms with van der Waals surface area (Å²) in [5.74, 6) is 0.372. The lowest BCUT2D eigenvalue weighted by Crippen LogP contribution is -2.16. The van der Waals surface area contributed by atoms with Gasteiger partial charge in [-0.05, 0) is 12.3 Å². The van der Waals surface area contributed by atoms with Gasteiger partial charge in [0.15, 0.2) is 0 Å². The number of rotatable bonds is 5. The van der Waals surface area contributed by atoms with E-state index in [0.29, 0.717) is 0 Å². The van der Waals surface area contributed by atoms with Crippen LogP contribution in [0.3, 0.4) is 0 Å². The fourth-order valence-corrected chi connectivity index (χ4v) is 2.03. The highest BCUT2D eigenvalue weighted by atomic mass is 16.5. The van der Waals surface area contributed by atoms with Crippen molar-refractivity contribution in [2.45, 2.75) is 19.4 Å². The summed E-state index contributed by atoms with van der Waals surface area (Å²) in [4.78, 5) is 10.8. The Balaban J connectivity index is 2.40. The van der Waals surface area contributed by atoms with Gasteiger partial charge in [0, 0.05) is 17.0 Å². The highest BCUT2D eigenvalue weighted by Crippen LogP contribution is 2.32. The molecule has 4 nitrogen and oxygen atoms in total. The summed E-state index contributed by atoms with van der Waals surface area (Å²) >= 11 is 0. The lowest BCUT2D eigenvalue weighted by molar-refractivity contribution is -0.118. The van der Waals surface area contributed by atoms with Crippen LogP contribution in [0.15, 0.2) is 36.4 Å². The lowest BCUT2D eigenvalue weighted by atomic mass is 10.0. The van der Waals surface area contributed by atoms with Crippen LogP contribution in [0.5, 0.6) is 5.75 Å². The number of amides is 1. The molecule has 2 aromatic carbocycles. The number of carbonyl (C=O) groups is 1. The maximum Gasteiger partial charge on any atom is 0.220 e. The fourth-order valence-electron chi connectivity index (χ4n) is 2.03. The molecule has 19 heavy (non-hydrogen) atoms. The number of hydrogen-bond donors (Lipinski definition) is 2. The molecule has 0 saturated carbocycles. The number of primary amides is 1. The Bertz CT molecular complexity index is 594. The molecule has 1 amide bonds. The molecule has 100 valence electrons. The van der Waals surface area contributed by atoms with Crippen LogP contribution in [0.25, 0.3) is 10.8 Å². The molecule has 2 rings (SSSR count). The van der Waals surface area contributed by atoms with Crippen molar-refractivity contribution in [3.05, 3.63) is 42.0 Å². The molecule has 2 aromatic rings. The number of benzene rings is 2. The van der Waals surface area contributed by atoms with Crippen LogP contribution < -0.4 is 16.2 Å². The number of fused-ring (bicyclic) bond motifs is 1. The van der Waals surface area contributed by atoms with Gasteiger partial charge in [-0.15, -0.1) is 0 Å². The molecule has 0 aromatic heterocycles. The van der Waals surface area contributed by atoms with Crippen LogP contribution in [-0.4, -0.2) is 12.5 Å². The zero-order chi connectivity index (χ0) is 13.8. The standard InChI is InChI=1S/C15H18N2O2/c1-10(16)12-7-6-11-4-2-3-5-13(11)15(12)19-9-8-14(17)18/h2-7,10H,8-9,16H2,1H3,(H2,17,18). The third-order valence-corrected chi connectivity index (χ3v) is 3.00. The van der Waals surface area contributed by atoms with Gasteiger partial charge in [-0.3, -0.25) is 4.79 Å². The monoisotopic (exact) mass is 258 g/mol. The van der Waals surface area contributed by atoms with Crippen LogP contribution in [0.4, 0.5) is 0 Å². The minimum absolute atomic E-state index is 0.131. The van der Waals surface area contributed by atoms with E-state index in [2.05, 4.69) is 0 Å². The van der Waals surface area contributed by atoms with Gasteiger partial charge in [0.1, 0.15) is 5.75 Å². The molecule has 0 aliphatic carbocycles. The molecule has 0 bridgehead atoms. The minimum Gasteiger partial charge on any atom is -0.492 e. The fraction of sp³-hybridized carbons (Fsp3) is 0.267. The van der Waals surface area contributed by atoms with E-state index in [1.54, 1.807) is 0 Å². The van der Waals surface area contributed by atoms with Crippen molar-refractivity contribution in [3.8, 4) is 5.75 Å². The predicted molar refractivity (Wildman–Crippen MR) is 75.9 cm³/mol. The minimum atomic E-state index is -0.373. The van der Waals surface area contributed by atoms with Crippen LogP contribution in [0.2, 0.25) is 0 Å². The molecule has 0 heterocycles. The summed E-state index contributed by atoms with van der Waals surface area (Å²) in [6.07, 6.45) is 0.196. The molecule has 4 N–H and O–H groups in total. The van der Waals surface area contributed by atoms with Gasteiger partial charge in [-0.2, -0.15) is 0 Å². The van der Waals surface area contributed by atoms with E-state index in [1.807, 2.05) is 43.3 Å². The number of nitrogens with two attached hydrogens (primary N) is 2. The molecular formula is C15H18N2O2. The van der Waals surface area contributed by atoms with Crippen LogP contribution in [0.1, 0.15) is 24.9 Å². The first-order valence-electron chi connectivity index (χ1n) is 6.28. The van der Waals surface area contributed by atoms with Crippen molar-refractivity contribution < 1.29 is 9.53 Å². The summed E-state index contributed by atoms with van der Waals surface area (Å²) in [6, 6.07) is 11.8. The number of carbonyl (C=O) groups excluding carboxylic acids is 1. The zero-order valence-electron chi connectivity index (χ0n) is 10.9.